The highest BCUT2D eigenvalue weighted by atomic mass is 16.3. The molecule has 0 radical (unpaired) electrons. The van der Waals surface area contributed by atoms with Crippen LogP contribution in [-0.4, -0.2) is 11.1 Å². The second kappa shape index (κ2) is 6.53. The van der Waals surface area contributed by atoms with Crippen molar-refractivity contribution in [3.8, 4) is 5.75 Å². The topological polar surface area (TPSA) is 32.3 Å². The van der Waals surface area contributed by atoms with Crippen molar-refractivity contribution in [3.05, 3.63) is 23.3 Å². The number of phenols is 1. The number of rotatable bonds is 6. The molecule has 0 saturated heterocycles. The van der Waals surface area contributed by atoms with E-state index in [1.807, 2.05) is 19.9 Å². The van der Waals surface area contributed by atoms with Crippen molar-refractivity contribution >= 4 is 5.69 Å². The molecule has 1 rings (SSSR count). The number of aromatic hydroxyl groups is 1. The average Bonchev–Trinajstić information content (AvgIpc) is 2.30. The number of hydrogen-bond acceptors (Lipinski definition) is 2. The quantitative estimate of drug-likeness (QED) is 0.717. The van der Waals surface area contributed by atoms with E-state index >= 15 is 0 Å². The molecule has 0 spiro atoms. The molecule has 96 valence electrons. The van der Waals surface area contributed by atoms with Crippen LogP contribution >= 0.6 is 0 Å². The molecule has 2 heteroatoms. The maximum absolute atomic E-state index is 9.87. The van der Waals surface area contributed by atoms with E-state index in [4.69, 9.17) is 0 Å². The van der Waals surface area contributed by atoms with Gasteiger partial charge in [0.25, 0.3) is 0 Å². The van der Waals surface area contributed by atoms with Crippen LogP contribution in [0, 0.1) is 13.8 Å². The van der Waals surface area contributed by atoms with Gasteiger partial charge in [-0.25, -0.2) is 0 Å². The van der Waals surface area contributed by atoms with Crippen LogP contribution in [0.15, 0.2) is 12.1 Å². The van der Waals surface area contributed by atoms with Gasteiger partial charge in [0, 0.05) is 17.3 Å². The smallest absolute Gasteiger partial charge is 0.123 e. The van der Waals surface area contributed by atoms with Crippen LogP contribution in [0.3, 0.4) is 0 Å². The van der Waals surface area contributed by atoms with Gasteiger partial charge in [-0.05, 0) is 38.8 Å². The van der Waals surface area contributed by atoms with Gasteiger partial charge in [-0.3, -0.25) is 0 Å². The van der Waals surface area contributed by atoms with E-state index in [-0.39, 0.29) is 0 Å². The summed E-state index contributed by atoms with van der Waals surface area (Å²) in [6.45, 7) is 8.31. The van der Waals surface area contributed by atoms with Gasteiger partial charge >= 0.3 is 0 Å². The molecule has 2 N–H and O–H groups in total. The fourth-order valence-corrected chi connectivity index (χ4v) is 2.03. The van der Waals surface area contributed by atoms with Crippen molar-refractivity contribution in [1.82, 2.24) is 0 Å². The molecular weight excluding hydrogens is 210 g/mol. The monoisotopic (exact) mass is 235 g/mol. The zero-order valence-electron chi connectivity index (χ0n) is 11.5. The van der Waals surface area contributed by atoms with E-state index in [9.17, 15) is 5.11 Å². The van der Waals surface area contributed by atoms with E-state index in [1.165, 1.54) is 25.7 Å². The molecule has 0 amide bonds. The predicted octanol–water partition coefficient (Wildman–Crippen LogP) is 4.39. The van der Waals surface area contributed by atoms with Crippen molar-refractivity contribution in [1.29, 1.82) is 0 Å². The summed E-state index contributed by atoms with van der Waals surface area (Å²) in [5.41, 5.74) is 2.94. The fraction of sp³-hybridized carbons (Fsp3) is 0.600. The summed E-state index contributed by atoms with van der Waals surface area (Å²) in [5.74, 6) is 0.413. The maximum Gasteiger partial charge on any atom is 0.123 e. The van der Waals surface area contributed by atoms with Crippen molar-refractivity contribution in [3.63, 3.8) is 0 Å². The molecule has 0 aliphatic carbocycles. The zero-order valence-corrected chi connectivity index (χ0v) is 11.5. The molecule has 0 aromatic heterocycles. The van der Waals surface area contributed by atoms with Gasteiger partial charge in [-0.2, -0.15) is 0 Å². The minimum absolute atomic E-state index is 0.413. The van der Waals surface area contributed by atoms with Gasteiger partial charge in [0.1, 0.15) is 5.75 Å². The molecule has 1 aromatic carbocycles. The summed E-state index contributed by atoms with van der Waals surface area (Å²) in [6.07, 6.45) is 5.00. The molecular formula is C15H25NO. The van der Waals surface area contributed by atoms with Crippen LogP contribution in [0.25, 0.3) is 0 Å². The minimum atomic E-state index is 0.413. The Morgan fingerprint density at radius 1 is 1.24 bits per heavy atom. The largest absolute Gasteiger partial charge is 0.507 e. The number of unbranched alkanes of at least 4 members (excludes halogenated alkanes) is 2. The lowest BCUT2D eigenvalue weighted by atomic mass is 10.1. The highest BCUT2D eigenvalue weighted by Crippen LogP contribution is 2.28. The predicted molar refractivity (Wildman–Crippen MR) is 74.8 cm³/mol. The van der Waals surface area contributed by atoms with Crippen molar-refractivity contribution in [2.45, 2.75) is 59.4 Å². The Bertz CT molecular complexity index is 360. The number of benzene rings is 1. The van der Waals surface area contributed by atoms with Crippen LogP contribution < -0.4 is 5.32 Å². The van der Waals surface area contributed by atoms with E-state index in [1.54, 1.807) is 0 Å². The van der Waals surface area contributed by atoms with Gasteiger partial charge in [0.05, 0.1) is 0 Å². The van der Waals surface area contributed by atoms with Crippen molar-refractivity contribution in [2.24, 2.45) is 0 Å². The van der Waals surface area contributed by atoms with Crippen LogP contribution in [-0.2, 0) is 0 Å². The standard InChI is InChI=1S/C15H25NO/c1-5-6-7-8-12(3)16-14-10-9-11(2)15(17)13(14)4/h9-10,12,16-17H,5-8H2,1-4H3. The first-order valence-electron chi connectivity index (χ1n) is 6.62. The molecule has 0 heterocycles. The second-order valence-corrected chi connectivity index (χ2v) is 4.94. The first-order valence-corrected chi connectivity index (χ1v) is 6.62. The Kier molecular flexibility index (Phi) is 5.33. The number of phenolic OH excluding ortho intramolecular Hbond substituents is 1. The summed E-state index contributed by atoms with van der Waals surface area (Å²) >= 11 is 0. The van der Waals surface area contributed by atoms with E-state index in [0.717, 1.165) is 16.8 Å². The highest BCUT2D eigenvalue weighted by molar-refractivity contribution is 5.59. The third-order valence-electron chi connectivity index (χ3n) is 3.28. The minimum Gasteiger partial charge on any atom is -0.507 e. The molecule has 17 heavy (non-hydrogen) atoms. The molecule has 0 fully saturated rings. The van der Waals surface area contributed by atoms with Gasteiger partial charge in [-0.1, -0.05) is 32.3 Å². The lowest BCUT2D eigenvalue weighted by molar-refractivity contribution is 0.467. The molecule has 0 aliphatic heterocycles. The summed E-state index contributed by atoms with van der Waals surface area (Å²) in [7, 11) is 0. The van der Waals surface area contributed by atoms with Crippen LogP contribution in [0.4, 0.5) is 5.69 Å². The Hall–Kier alpha value is -1.18. The fourth-order valence-electron chi connectivity index (χ4n) is 2.03. The first kappa shape index (κ1) is 13.9. The van der Waals surface area contributed by atoms with Crippen LogP contribution in [0.1, 0.15) is 50.7 Å². The van der Waals surface area contributed by atoms with Gasteiger partial charge in [-0.15, -0.1) is 0 Å². The lowest BCUT2D eigenvalue weighted by Crippen LogP contribution is -2.15. The second-order valence-electron chi connectivity index (χ2n) is 4.94. The highest BCUT2D eigenvalue weighted by Gasteiger charge is 2.08. The third-order valence-corrected chi connectivity index (χ3v) is 3.28. The molecule has 0 aliphatic rings. The summed E-state index contributed by atoms with van der Waals surface area (Å²) < 4.78 is 0. The summed E-state index contributed by atoms with van der Waals surface area (Å²) in [4.78, 5) is 0. The van der Waals surface area contributed by atoms with E-state index < -0.39 is 0 Å². The van der Waals surface area contributed by atoms with Gasteiger partial charge in [0.15, 0.2) is 0 Å². The molecule has 2 nitrogen and oxygen atoms in total. The molecule has 1 aromatic rings. The summed E-state index contributed by atoms with van der Waals surface area (Å²) in [6, 6.07) is 4.48. The van der Waals surface area contributed by atoms with Crippen LogP contribution in [0.2, 0.25) is 0 Å². The molecule has 1 atom stereocenters. The third kappa shape index (κ3) is 3.95. The number of anilines is 1. The van der Waals surface area contributed by atoms with Crippen LogP contribution in [0.5, 0.6) is 5.75 Å². The Labute approximate surface area is 105 Å². The zero-order chi connectivity index (χ0) is 12.8. The Morgan fingerprint density at radius 3 is 2.59 bits per heavy atom. The number of nitrogens with one attached hydrogen (secondary N) is 1. The first-order chi connectivity index (χ1) is 8.06. The Balaban J connectivity index is 2.59. The van der Waals surface area contributed by atoms with Gasteiger partial charge < -0.3 is 10.4 Å². The number of aryl methyl sites for hydroxylation is 1. The van der Waals surface area contributed by atoms with Gasteiger partial charge in [0.2, 0.25) is 0 Å². The van der Waals surface area contributed by atoms with E-state index in [0.29, 0.717) is 11.8 Å². The normalized spacial score (nSPS) is 12.5. The average molecular weight is 235 g/mol. The van der Waals surface area contributed by atoms with Crippen molar-refractivity contribution in [2.75, 3.05) is 5.32 Å². The summed E-state index contributed by atoms with van der Waals surface area (Å²) in [5, 5.41) is 13.4. The lowest BCUT2D eigenvalue weighted by Gasteiger charge is -2.18. The van der Waals surface area contributed by atoms with E-state index in [2.05, 4.69) is 25.2 Å². The molecule has 1 unspecified atom stereocenters. The Morgan fingerprint density at radius 2 is 1.94 bits per heavy atom. The SMILES string of the molecule is CCCCCC(C)Nc1ccc(C)c(O)c1C. The molecule has 0 saturated carbocycles. The maximum atomic E-state index is 9.87. The molecule has 0 bridgehead atoms. The number of hydrogen-bond donors (Lipinski definition) is 2. The van der Waals surface area contributed by atoms with Crippen molar-refractivity contribution < 1.29 is 5.11 Å².